The molecule has 0 bridgehead atoms. The van der Waals surface area contributed by atoms with Crippen LogP contribution in [0.3, 0.4) is 0 Å². The molecule has 1 aliphatic rings. The van der Waals surface area contributed by atoms with Gasteiger partial charge in [-0.25, -0.2) is 4.79 Å². The SMILES string of the molecule is Cc1c(Cl)cccc1NC(=S)NN1C(=O)N[C@@](C)(CCc2ccccc2)C1=O. The minimum Gasteiger partial charge on any atom is -0.331 e. The maximum atomic E-state index is 12.8. The van der Waals surface area contributed by atoms with E-state index >= 15 is 0 Å². The molecule has 1 aliphatic heterocycles. The third-order valence-corrected chi connectivity index (χ3v) is 5.35. The Labute approximate surface area is 174 Å². The summed E-state index contributed by atoms with van der Waals surface area (Å²) in [5.74, 6) is -0.375. The quantitative estimate of drug-likeness (QED) is 0.510. The molecule has 1 heterocycles. The number of hydrogen-bond acceptors (Lipinski definition) is 3. The molecule has 146 valence electrons. The summed E-state index contributed by atoms with van der Waals surface area (Å²) in [5, 5.41) is 7.36. The van der Waals surface area contributed by atoms with Crippen LogP contribution in [0.1, 0.15) is 24.5 Å². The van der Waals surface area contributed by atoms with Gasteiger partial charge in [-0.1, -0.05) is 48.0 Å². The van der Waals surface area contributed by atoms with Crippen LogP contribution in [0.15, 0.2) is 48.5 Å². The molecule has 28 heavy (non-hydrogen) atoms. The van der Waals surface area contributed by atoms with Gasteiger partial charge in [-0.2, -0.15) is 5.01 Å². The van der Waals surface area contributed by atoms with Crippen molar-refractivity contribution in [2.75, 3.05) is 5.32 Å². The third-order valence-electron chi connectivity index (χ3n) is 4.75. The van der Waals surface area contributed by atoms with Crippen molar-refractivity contribution in [3.05, 3.63) is 64.7 Å². The normalized spacial score (nSPS) is 18.8. The first-order valence-electron chi connectivity index (χ1n) is 8.83. The summed E-state index contributed by atoms with van der Waals surface area (Å²) >= 11 is 11.4. The molecule has 2 aromatic rings. The van der Waals surface area contributed by atoms with E-state index in [1.807, 2.05) is 43.3 Å². The molecule has 0 radical (unpaired) electrons. The van der Waals surface area contributed by atoms with Gasteiger partial charge in [0.25, 0.3) is 5.91 Å². The highest BCUT2D eigenvalue weighted by Gasteiger charge is 2.48. The number of hydrazine groups is 1. The van der Waals surface area contributed by atoms with Crippen molar-refractivity contribution in [1.82, 2.24) is 15.8 Å². The number of benzene rings is 2. The molecular weight excluding hydrogens is 396 g/mol. The van der Waals surface area contributed by atoms with Gasteiger partial charge in [-0.15, -0.1) is 0 Å². The monoisotopic (exact) mass is 416 g/mol. The van der Waals surface area contributed by atoms with Crippen LogP contribution in [0.4, 0.5) is 10.5 Å². The van der Waals surface area contributed by atoms with Gasteiger partial charge in [0.15, 0.2) is 5.11 Å². The van der Waals surface area contributed by atoms with Crippen molar-refractivity contribution in [3.63, 3.8) is 0 Å². The van der Waals surface area contributed by atoms with Gasteiger partial charge in [-0.3, -0.25) is 10.2 Å². The minimum atomic E-state index is -0.999. The fourth-order valence-electron chi connectivity index (χ4n) is 2.99. The molecule has 3 N–H and O–H groups in total. The van der Waals surface area contributed by atoms with E-state index in [0.29, 0.717) is 23.6 Å². The number of anilines is 1. The molecular formula is C20H21ClN4O2S. The number of halogens is 1. The number of hydrogen-bond donors (Lipinski definition) is 3. The predicted molar refractivity (Wildman–Crippen MR) is 114 cm³/mol. The number of imide groups is 1. The lowest BCUT2D eigenvalue weighted by Crippen LogP contribution is -2.50. The number of nitrogens with one attached hydrogen (secondary N) is 3. The zero-order valence-electron chi connectivity index (χ0n) is 15.6. The predicted octanol–water partition coefficient (Wildman–Crippen LogP) is 3.79. The van der Waals surface area contributed by atoms with Crippen LogP contribution in [0.2, 0.25) is 5.02 Å². The van der Waals surface area contributed by atoms with Crippen molar-refractivity contribution in [2.45, 2.75) is 32.2 Å². The van der Waals surface area contributed by atoms with Crippen LogP contribution in [-0.2, 0) is 11.2 Å². The molecule has 2 aromatic carbocycles. The molecule has 0 saturated carbocycles. The van der Waals surface area contributed by atoms with E-state index in [-0.39, 0.29) is 11.0 Å². The fraction of sp³-hybridized carbons (Fsp3) is 0.250. The first-order chi connectivity index (χ1) is 13.3. The highest BCUT2D eigenvalue weighted by Crippen LogP contribution is 2.24. The van der Waals surface area contributed by atoms with E-state index < -0.39 is 11.6 Å². The van der Waals surface area contributed by atoms with Crippen LogP contribution < -0.4 is 16.1 Å². The lowest BCUT2D eigenvalue weighted by molar-refractivity contribution is -0.132. The zero-order valence-corrected chi connectivity index (χ0v) is 17.2. The molecule has 6 nitrogen and oxygen atoms in total. The van der Waals surface area contributed by atoms with E-state index in [4.69, 9.17) is 23.8 Å². The molecule has 1 fully saturated rings. The smallest absolute Gasteiger partial charge is 0.331 e. The first kappa shape index (κ1) is 20.1. The molecule has 3 rings (SSSR count). The summed E-state index contributed by atoms with van der Waals surface area (Å²) in [6.45, 7) is 3.57. The number of carbonyl (C=O) groups is 2. The maximum Gasteiger partial charge on any atom is 0.344 e. The van der Waals surface area contributed by atoms with Crippen molar-refractivity contribution in [3.8, 4) is 0 Å². The number of rotatable bonds is 5. The molecule has 3 amide bonds. The van der Waals surface area contributed by atoms with Crippen molar-refractivity contribution in [2.24, 2.45) is 0 Å². The Balaban J connectivity index is 1.64. The van der Waals surface area contributed by atoms with Crippen LogP contribution in [0, 0.1) is 6.92 Å². The topological polar surface area (TPSA) is 73.5 Å². The molecule has 8 heteroatoms. The van der Waals surface area contributed by atoms with Crippen LogP contribution in [0.5, 0.6) is 0 Å². The number of amides is 3. The van der Waals surface area contributed by atoms with Gasteiger partial charge < -0.3 is 10.6 Å². The van der Waals surface area contributed by atoms with Gasteiger partial charge >= 0.3 is 6.03 Å². The molecule has 1 saturated heterocycles. The van der Waals surface area contributed by atoms with Crippen LogP contribution in [0.25, 0.3) is 0 Å². The zero-order chi connectivity index (χ0) is 20.3. The second-order valence-corrected chi connectivity index (χ2v) is 7.68. The Kier molecular flexibility index (Phi) is 5.86. The second kappa shape index (κ2) is 8.16. The van der Waals surface area contributed by atoms with E-state index in [9.17, 15) is 9.59 Å². The van der Waals surface area contributed by atoms with Gasteiger partial charge in [0.2, 0.25) is 0 Å². The summed E-state index contributed by atoms with van der Waals surface area (Å²) in [7, 11) is 0. The molecule has 0 aliphatic carbocycles. The Hall–Kier alpha value is -2.64. The number of urea groups is 1. The number of thiocarbonyl (C=S) groups is 1. The lowest BCUT2D eigenvalue weighted by atomic mass is 9.93. The number of nitrogens with zero attached hydrogens (tertiary/aromatic N) is 1. The Morgan fingerprint density at radius 3 is 2.61 bits per heavy atom. The van der Waals surface area contributed by atoms with E-state index in [2.05, 4.69) is 16.1 Å². The number of aryl methyl sites for hydroxylation is 1. The molecule has 0 unspecified atom stereocenters. The Bertz CT molecular complexity index is 922. The summed E-state index contributed by atoms with van der Waals surface area (Å²) in [5.41, 5.74) is 4.30. The number of carbonyl (C=O) groups excluding carboxylic acids is 2. The molecule has 0 aromatic heterocycles. The fourth-order valence-corrected chi connectivity index (χ4v) is 3.36. The standard InChI is InChI=1S/C20H21ClN4O2S/c1-13-15(21)9-6-10-16(13)22-18(28)24-25-17(26)20(2,23-19(25)27)12-11-14-7-4-3-5-8-14/h3-10H,11-12H2,1-2H3,(H,23,27)(H2,22,24,28)/t20-/m0/s1. The maximum absolute atomic E-state index is 12.8. The lowest BCUT2D eigenvalue weighted by Gasteiger charge is -2.22. The van der Waals surface area contributed by atoms with Gasteiger partial charge in [0.1, 0.15) is 5.54 Å². The molecule has 1 atom stereocenters. The average Bonchev–Trinajstić information content (AvgIpc) is 2.88. The Morgan fingerprint density at radius 1 is 1.18 bits per heavy atom. The van der Waals surface area contributed by atoms with Crippen molar-refractivity contribution < 1.29 is 9.59 Å². The van der Waals surface area contributed by atoms with Crippen LogP contribution >= 0.6 is 23.8 Å². The van der Waals surface area contributed by atoms with E-state index in [1.165, 1.54) is 0 Å². The van der Waals surface area contributed by atoms with E-state index in [0.717, 1.165) is 16.1 Å². The van der Waals surface area contributed by atoms with Crippen molar-refractivity contribution >= 4 is 46.6 Å². The van der Waals surface area contributed by atoms with E-state index in [1.54, 1.807) is 19.1 Å². The average molecular weight is 417 g/mol. The minimum absolute atomic E-state index is 0.126. The summed E-state index contributed by atoms with van der Waals surface area (Å²) < 4.78 is 0. The Morgan fingerprint density at radius 2 is 1.89 bits per heavy atom. The van der Waals surface area contributed by atoms with Crippen LogP contribution in [-0.4, -0.2) is 27.6 Å². The van der Waals surface area contributed by atoms with Gasteiger partial charge in [-0.05, 0) is 62.2 Å². The van der Waals surface area contributed by atoms with Gasteiger partial charge in [0, 0.05) is 10.7 Å². The summed E-state index contributed by atoms with van der Waals surface area (Å²) in [4.78, 5) is 25.2. The van der Waals surface area contributed by atoms with Gasteiger partial charge in [0.05, 0.1) is 0 Å². The largest absolute Gasteiger partial charge is 0.344 e. The highest BCUT2D eigenvalue weighted by molar-refractivity contribution is 7.80. The third kappa shape index (κ3) is 4.26. The first-order valence-corrected chi connectivity index (χ1v) is 9.62. The molecule has 0 spiro atoms. The summed E-state index contributed by atoms with van der Waals surface area (Å²) in [6.07, 6.45) is 1.15. The second-order valence-electron chi connectivity index (χ2n) is 6.87. The highest BCUT2D eigenvalue weighted by atomic mass is 35.5. The summed E-state index contributed by atoms with van der Waals surface area (Å²) in [6, 6.07) is 14.7. The van der Waals surface area contributed by atoms with Crippen molar-refractivity contribution in [1.29, 1.82) is 0 Å².